The lowest BCUT2D eigenvalue weighted by molar-refractivity contribution is 0.183. The van der Waals surface area contributed by atoms with Gasteiger partial charge in [-0.25, -0.2) is 14.8 Å². The number of nitrogens with one attached hydrogen (secondary N) is 2. The van der Waals surface area contributed by atoms with E-state index in [4.69, 9.17) is 9.72 Å². The number of amides is 2. The monoisotopic (exact) mass is 355 g/mol. The second kappa shape index (κ2) is 7.35. The third-order valence-electron chi connectivity index (χ3n) is 5.27. The van der Waals surface area contributed by atoms with E-state index in [2.05, 4.69) is 15.3 Å². The largest absolute Gasteiger partial charge is 0.481 e. The summed E-state index contributed by atoms with van der Waals surface area (Å²) < 4.78 is 5.10. The number of H-pyrrole nitrogens is 1. The van der Waals surface area contributed by atoms with Crippen molar-refractivity contribution >= 4 is 6.03 Å². The molecule has 1 aliphatic carbocycles. The van der Waals surface area contributed by atoms with Gasteiger partial charge >= 0.3 is 6.03 Å². The molecule has 2 aliphatic rings. The van der Waals surface area contributed by atoms with Gasteiger partial charge < -0.3 is 19.9 Å². The Balaban J connectivity index is 1.43. The summed E-state index contributed by atoms with van der Waals surface area (Å²) in [5, 5.41) is 3.20. The maximum absolute atomic E-state index is 12.6. The Morgan fingerprint density at radius 3 is 2.88 bits per heavy atom. The molecule has 1 aliphatic heterocycles. The van der Waals surface area contributed by atoms with Crippen LogP contribution in [0.5, 0.6) is 5.88 Å². The fourth-order valence-corrected chi connectivity index (χ4v) is 3.76. The quantitative estimate of drug-likeness (QED) is 0.887. The van der Waals surface area contributed by atoms with Gasteiger partial charge in [-0.05, 0) is 18.9 Å². The highest BCUT2D eigenvalue weighted by molar-refractivity contribution is 5.75. The van der Waals surface area contributed by atoms with E-state index in [-0.39, 0.29) is 6.03 Å². The number of fused-ring (bicyclic) bond motifs is 1. The fourth-order valence-electron chi connectivity index (χ4n) is 3.76. The van der Waals surface area contributed by atoms with Gasteiger partial charge in [0.15, 0.2) is 0 Å². The summed E-state index contributed by atoms with van der Waals surface area (Å²) in [6.07, 6.45) is 8.44. The van der Waals surface area contributed by atoms with E-state index in [1.165, 1.54) is 19.3 Å². The van der Waals surface area contributed by atoms with Crippen molar-refractivity contribution in [3.63, 3.8) is 0 Å². The molecule has 138 valence electrons. The first-order chi connectivity index (χ1) is 12.7. The van der Waals surface area contributed by atoms with Gasteiger partial charge in [0, 0.05) is 36.8 Å². The molecule has 2 amide bonds. The van der Waals surface area contributed by atoms with Crippen molar-refractivity contribution in [2.45, 2.75) is 51.1 Å². The summed E-state index contributed by atoms with van der Waals surface area (Å²) in [5.41, 5.74) is 2.97. The molecule has 1 fully saturated rings. The second-order valence-electron chi connectivity index (χ2n) is 7.06. The molecular formula is C19H25N5O2. The number of carbonyl (C=O) groups is 1. The highest BCUT2D eigenvalue weighted by Crippen LogP contribution is 2.24. The first kappa shape index (κ1) is 16.9. The van der Waals surface area contributed by atoms with Crippen molar-refractivity contribution in [1.82, 2.24) is 25.2 Å². The van der Waals surface area contributed by atoms with Crippen LogP contribution in [0, 0.1) is 0 Å². The molecule has 0 bridgehead atoms. The lowest BCUT2D eigenvalue weighted by Gasteiger charge is -2.30. The second-order valence-corrected chi connectivity index (χ2v) is 7.06. The zero-order valence-electron chi connectivity index (χ0n) is 15.1. The average Bonchev–Trinajstić information content (AvgIpc) is 3.12. The first-order valence-corrected chi connectivity index (χ1v) is 9.36. The van der Waals surface area contributed by atoms with E-state index >= 15 is 0 Å². The molecule has 2 N–H and O–H groups in total. The third-order valence-corrected chi connectivity index (χ3v) is 5.27. The van der Waals surface area contributed by atoms with Crippen molar-refractivity contribution in [2.24, 2.45) is 0 Å². The highest BCUT2D eigenvalue weighted by atomic mass is 16.5. The van der Waals surface area contributed by atoms with Crippen LogP contribution in [0.3, 0.4) is 0 Å². The van der Waals surface area contributed by atoms with Crippen molar-refractivity contribution < 1.29 is 9.53 Å². The van der Waals surface area contributed by atoms with Gasteiger partial charge in [-0.15, -0.1) is 0 Å². The van der Waals surface area contributed by atoms with Crippen molar-refractivity contribution in [3.8, 4) is 17.3 Å². The van der Waals surface area contributed by atoms with Gasteiger partial charge in [0.2, 0.25) is 5.88 Å². The van der Waals surface area contributed by atoms with E-state index in [1.807, 2.05) is 17.0 Å². The molecule has 0 aromatic carbocycles. The number of imidazole rings is 1. The number of methoxy groups -OCH3 is 1. The van der Waals surface area contributed by atoms with Crippen LogP contribution in [0.15, 0.2) is 18.3 Å². The van der Waals surface area contributed by atoms with E-state index in [0.29, 0.717) is 25.0 Å². The van der Waals surface area contributed by atoms with E-state index < -0.39 is 0 Å². The predicted molar refractivity (Wildman–Crippen MR) is 97.9 cm³/mol. The molecule has 2 aromatic rings. The van der Waals surface area contributed by atoms with Gasteiger partial charge in [-0.3, -0.25) is 0 Å². The molecule has 0 unspecified atom stereocenters. The number of ether oxygens (including phenoxy) is 1. The molecule has 0 saturated heterocycles. The van der Waals surface area contributed by atoms with Crippen LogP contribution >= 0.6 is 0 Å². The van der Waals surface area contributed by atoms with Gasteiger partial charge in [-0.1, -0.05) is 19.3 Å². The minimum atomic E-state index is 0.0461. The minimum Gasteiger partial charge on any atom is -0.481 e. The normalized spacial score (nSPS) is 17.7. The smallest absolute Gasteiger partial charge is 0.317 e. The van der Waals surface area contributed by atoms with E-state index in [0.717, 1.165) is 42.0 Å². The maximum atomic E-state index is 12.6. The molecule has 0 spiro atoms. The molecule has 26 heavy (non-hydrogen) atoms. The van der Waals surface area contributed by atoms with Crippen molar-refractivity contribution in [3.05, 3.63) is 29.7 Å². The third kappa shape index (κ3) is 3.52. The van der Waals surface area contributed by atoms with Gasteiger partial charge in [-0.2, -0.15) is 0 Å². The Labute approximate surface area is 153 Å². The first-order valence-electron chi connectivity index (χ1n) is 9.36. The Hall–Kier alpha value is -2.57. The van der Waals surface area contributed by atoms with Crippen LogP contribution in [-0.4, -0.2) is 45.6 Å². The molecule has 2 aromatic heterocycles. The highest BCUT2D eigenvalue weighted by Gasteiger charge is 2.26. The van der Waals surface area contributed by atoms with Gasteiger partial charge in [0.25, 0.3) is 0 Å². The minimum absolute atomic E-state index is 0.0461. The SMILES string of the molecule is COc1ccc(-c2nc3c([nH]2)CN(C(=O)NC2CCCCC2)CC3)cn1. The standard InChI is InChI=1S/C19H25N5O2/c1-26-17-8-7-13(11-20-17)18-22-15-9-10-24(12-16(15)23-18)19(25)21-14-5-3-2-4-6-14/h7-8,11,14H,2-6,9-10,12H2,1H3,(H,21,25)(H,22,23). The summed E-state index contributed by atoms with van der Waals surface area (Å²) in [4.78, 5) is 26.7. The number of hydrogen-bond donors (Lipinski definition) is 2. The molecule has 1 saturated carbocycles. The number of rotatable bonds is 3. The zero-order valence-corrected chi connectivity index (χ0v) is 15.1. The Kier molecular flexibility index (Phi) is 4.77. The average molecular weight is 355 g/mol. The van der Waals surface area contributed by atoms with Gasteiger partial charge in [0.1, 0.15) is 5.82 Å². The summed E-state index contributed by atoms with van der Waals surface area (Å²) in [6, 6.07) is 4.13. The molecule has 4 rings (SSSR count). The Morgan fingerprint density at radius 1 is 1.31 bits per heavy atom. The number of nitrogens with zero attached hydrogens (tertiary/aromatic N) is 3. The lowest BCUT2D eigenvalue weighted by Crippen LogP contribution is -2.47. The number of carbonyl (C=O) groups excluding carboxylic acids is 1. The summed E-state index contributed by atoms with van der Waals surface area (Å²) >= 11 is 0. The van der Waals surface area contributed by atoms with E-state index in [9.17, 15) is 4.79 Å². The van der Waals surface area contributed by atoms with Crippen LogP contribution in [-0.2, 0) is 13.0 Å². The lowest BCUT2D eigenvalue weighted by atomic mass is 9.96. The number of pyridine rings is 1. The number of hydrogen-bond acceptors (Lipinski definition) is 4. The molecule has 3 heterocycles. The van der Waals surface area contributed by atoms with Crippen LogP contribution in [0.2, 0.25) is 0 Å². The number of urea groups is 1. The number of aromatic nitrogens is 3. The Bertz CT molecular complexity index is 765. The predicted octanol–water partition coefficient (Wildman–Crippen LogP) is 2.88. The summed E-state index contributed by atoms with van der Waals surface area (Å²) in [7, 11) is 1.60. The summed E-state index contributed by atoms with van der Waals surface area (Å²) in [5.74, 6) is 1.37. The summed E-state index contributed by atoms with van der Waals surface area (Å²) in [6.45, 7) is 1.28. The number of aromatic amines is 1. The van der Waals surface area contributed by atoms with Crippen LogP contribution < -0.4 is 10.1 Å². The van der Waals surface area contributed by atoms with Gasteiger partial charge in [0.05, 0.1) is 25.0 Å². The van der Waals surface area contributed by atoms with Crippen LogP contribution in [0.25, 0.3) is 11.4 Å². The molecule has 7 nitrogen and oxygen atoms in total. The zero-order chi connectivity index (χ0) is 17.9. The fraction of sp³-hybridized carbons (Fsp3) is 0.526. The van der Waals surface area contributed by atoms with Crippen molar-refractivity contribution in [2.75, 3.05) is 13.7 Å². The molecular weight excluding hydrogens is 330 g/mol. The molecule has 7 heteroatoms. The maximum Gasteiger partial charge on any atom is 0.317 e. The van der Waals surface area contributed by atoms with Crippen LogP contribution in [0.4, 0.5) is 4.79 Å². The topological polar surface area (TPSA) is 83.1 Å². The van der Waals surface area contributed by atoms with Crippen LogP contribution in [0.1, 0.15) is 43.5 Å². The molecule has 0 atom stereocenters. The molecule has 0 radical (unpaired) electrons. The van der Waals surface area contributed by atoms with E-state index in [1.54, 1.807) is 13.3 Å². The van der Waals surface area contributed by atoms with Crippen molar-refractivity contribution in [1.29, 1.82) is 0 Å². The Morgan fingerprint density at radius 2 is 2.15 bits per heavy atom.